The van der Waals surface area contributed by atoms with Crippen LogP contribution in [0.2, 0.25) is 6.86 Å². The summed E-state index contributed by atoms with van der Waals surface area (Å²) in [7, 11) is 0. The number of allylic oxidation sites excluding steroid dienone is 2. The predicted molar refractivity (Wildman–Crippen MR) is 165 cm³/mol. The van der Waals surface area contributed by atoms with Crippen LogP contribution in [0.15, 0.2) is 121 Å². The van der Waals surface area contributed by atoms with Crippen molar-refractivity contribution in [2.24, 2.45) is 0 Å². The van der Waals surface area contributed by atoms with Gasteiger partial charge in [0.25, 0.3) is 0 Å². The van der Waals surface area contributed by atoms with Gasteiger partial charge in [0.05, 0.1) is 0 Å². The maximum absolute atomic E-state index is 3.65. The number of hydrogen-bond acceptors (Lipinski definition) is 0. The van der Waals surface area contributed by atoms with Gasteiger partial charge in [-0.1, -0.05) is 0 Å². The van der Waals surface area contributed by atoms with E-state index in [1.165, 1.54) is 33.4 Å². The Balaban J connectivity index is 2.09. The molecule has 5 rings (SSSR count). The molecule has 0 atom stereocenters. The third kappa shape index (κ3) is 4.24. The van der Waals surface area contributed by atoms with E-state index in [0.29, 0.717) is 0 Å². The van der Waals surface area contributed by atoms with Gasteiger partial charge in [0.15, 0.2) is 0 Å². The predicted octanol–water partition coefficient (Wildman–Crippen LogP) is 10.3. The van der Waals surface area contributed by atoms with Crippen LogP contribution in [0, 0.1) is 0 Å². The van der Waals surface area contributed by atoms with Crippen molar-refractivity contribution in [1.29, 1.82) is 0 Å². The molecule has 0 aromatic heterocycles. The number of rotatable bonds is 4. The fourth-order valence-electron chi connectivity index (χ4n) is 7.09. The van der Waals surface area contributed by atoms with Crippen LogP contribution in [-0.2, 0) is 0 Å². The Bertz CT molecular complexity index is 1310. The Hall–Kier alpha value is -2.84. The molecule has 0 fully saturated rings. The Labute approximate surface area is 227 Å². The van der Waals surface area contributed by atoms with Crippen molar-refractivity contribution in [3.8, 4) is 0 Å². The molecule has 0 nitrogen and oxygen atoms in total. The van der Waals surface area contributed by atoms with Gasteiger partial charge in [-0.2, -0.15) is 0 Å². The molecule has 0 saturated heterocycles. The molecule has 1 heteroatoms. The molecule has 0 spiro atoms. The monoisotopic (exact) mass is 590 g/mol. The molecule has 0 radical (unpaired) electrons. The molecule has 0 bridgehead atoms. The van der Waals surface area contributed by atoms with Crippen molar-refractivity contribution in [2.45, 2.75) is 48.4 Å². The molecular formula is C36H38Sn. The van der Waals surface area contributed by atoms with Gasteiger partial charge < -0.3 is 0 Å². The van der Waals surface area contributed by atoms with Crippen LogP contribution in [-0.4, -0.2) is 18.4 Å². The summed E-state index contributed by atoms with van der Waals surface area (Å²) in [5.74, 6) is 0. The molecule has 0 saturated carbocycles. The molecular weight excluding hydrogens is 551 g/mol. The first-order chi connectivity index (χ1) is 17.7. The average molecular weight is 589 g/mol. The Morgan fingerprint density at radius 2 is 0.595 bits per heavy atom. The Morgan fingerprint density at radius 1 is 0.351 bits per heavy atom. The van der Waals surface area contributed by atoms with Gasteiger partial charge in [0.2, 0.25) is 0 Å². The third-order valence-corrected chi connectivity index (χ3v) is 28.2. The van der Waals surface area contributed by atoms with E-state index in [2.05, 4.69) is 163 Å². The molecule has 37 heavy (non-hydrogen) atoms. The fraction of sp³-hybridized carbons (Fsp3) is 0.222. The minimum atomic E-state index is -3.65. The van der Waals surface area contributed by atoms with Crippen LogP contribution >= 0.6 is 0 Å². The van der Waals surface area contributed by atoms with E-state index in [1.54, 1.807) is 7.18 Å². The SMILES string of the molecule is C[C](C)(C)[Sn]1([C](C)(C)C)[C](c2ccccc2)=C(c2ccccc2)C(c2ccccc2)=[C]1c1ccccc1. The first-order valence-electron chi connectivity index (χ1n) is 13.4. The third-order valence-electron chi connectivity index (χ3n) is 8.00. The summed E-state index contributed by atoms with van der Waals surface area (Å²) in [6.45, 7) is 15.1. The first kappa shape index (κ1) is 25.8. The normalized spacial score (nSPS) is 15.8. The van der Waals surface area contributed by atoms with Gasteiger partial charge in [0, 0.05) is 0 Å². The van der Waals surface area contributed by atoms with E-state index < -0.39 is 18.4 Å². The molecule has 0 N–H and O–H groups in total. The van der Waals surface area contributed by atoms with Crippen LogP contribution in [0.5, 0.6) is 0 Å². The molecule has 4 aromatic carbocycles. The standard InChI is InChI=1S/C28H20.2C4H9.Sn/c1-5-13-23(14-6-1)21-27(25-17-9-3-10-18-25)28(26-19-11-4-12-20-26)22-24-15-7-2-8-16-24;2*1-4(2)3;/h1-20H;2*1-3H3;. The summed E-state index contributed by atoms with van der Waals surface area (Å²) in [5.41, 5.74) is 8.30. The Kier molecular flexibility index (Phi) is 6.83. The second kappa shape index (κ2) is 9.80. The molecule has 0 amide bonds. The zero-order valence-electron chi connectivity index (χ0n) is 23.0. The fourth-order valence-corrected chi connectivity index (χ4v) is 29.9. The van der Waals surface area contributed by atoms with Crippen molar-refractivity contribution in [1.82, 2.24) is 0 Å². The van der Waals surface area contributed by atoms with Crippen LogP contribution in [0.1, 0.15) is 63.8 Å². The van der Waals surface area contributed by atoms with Gasteiger partial charge in [-0.15, -0.1) is 0 Å². The Morgan fingerprint density at radius 3 is 0.838 bits per heavy atom. The maximum atomic E-state index is 2.52. The van der Waals surface area contributed by atoms with Crippen molar-refractivity contribution < 1.29 is 0 Å². The molecule has 1 aliphatic heterocycles. The van der Waals surface area contributed by atoms with E-state index in [4.69, 9.17) is 0 Å². The summed E-state index contributed by atoms with van der Waals surface area (Å²) in [5, 5.41) is 0. The second-order valence-electron chi connectivity index (χ2n) is 12.2. The molecule has 4 aromatic rings. The molecule has 0 aliphatic carbocycles. The molecule has 186 valence electrons. The number of benzene rings is 4. The van der Waals surface area contributed by atoms with E-state index in [-0.39, 0.29) is 6.86 Å². The van der Waals surface area contributed by atoms with Crippen molar-refractivity contribution in [3.63, 3.8) is 0 Å². The molecule has 1 aliphatic rings. The molecule has 0 unspecified atom stereocenters. The zero-order valence-corrected chi connectivity index (χ0v) is 25.9. The van der Waals surface area contributed by atoms with Crippen molar-refractivity contribution in [3.05, 3.63) is 144 Å². The van der Waals surface area contributed by atoms with E-state index in [9.17, 15) is 0 Å². The van der Waals surface area contributed by atoms with Crippen LogP contribution < -0.4 is 0 Å². The summed E-state index contributed by atoms with van der Waals surface area (Å²) >= 11 is -3.65. The van der Waals surface area contributed by atoms with Gasteiger partial charge in [-0.3, -0.25) is 0 Å². The van der Waals surface area contributed by atoms with Crippen molar-refractivity contribution in [2.75, 3.05) is 0 Å². The van der Waals surface area contributed by atoms with E-state index >= 15 is 0 Å². The summed E-state index contributed by atoms with van der Waals surface area (Å²) in [4.78, 5) is 0. The summed E-state index contributed by atoms with van der Waals surface area (Å²) in [6, 6.07) is 44.9. The van der Waals surface area contributed by atoms with Gasteiger partial charge in [-0.25, -0.2) is 0 Å². The number of hydrogen-bond donors (Lipinski definition) is 0. The minimum absolute atomic E-state index is 0.125. The molecule has 1 heterocycles. The van der Waals surface area contributed by atoms with Gasteiger partial charge >= 0.3 is 229 Å². The van der Waals surface area contributed by atoms with Crippen LogP contribution in [0.3, 0.4) is 0 Å². The van der Waals surface area contributed by atoms with Gasteiger partial charge in [0.1, 0.15) is 0 Å². The quantitative estimate of drug-likeness (QED) is 0.208. The first-order valence-corrected chi connectivity index (χ1v) is 19.1. The van der Waals surface area contributed by atoms with E-state index in [0.717, 1.165) is 0 Å². The summed E-state index contributed by atoms with van der Waals surface area (Å²) in [6.07, 6.45) is 0. The zero-order chi connectivity index (χ0) is 26.3. The van der Waals surface area contributed by atoms with Crippen LogP contribution in [0.4, 0.5) is 0 Å². The van der Waals surface area contributed by atoms with Crippen molar-refractivity contribution >= 4 is 36.7 Å². The second-order valence-corrected chi connectivity index (χ2v) is 27.9. The van der Waals surface area contributed by atoms with Crippen LogP contribution in [0.25, 0.3) is 18.3 Å². The summed E-state index contributed by atoms with van der Waals surface area (Å²) < 4.78 is 3.53. The van der Waals surface area contributed by atoms with Gasteiger partial charge in [-0.05, 0) is 0 Å². The average Bonchev–Trinajstić information content (AvgIpc) is 3.24. The van der Waals surface area contributed by atoms with E-state index in [1.807, 2.05) is 0 Å². The topological polar surface area (TPSA) is 0 Å².